The fourth-order valence-electron chi connectivity index (χ4n) is 0.954. The molecule has 70 valence electrons. The molecule has 1 aromatic rings. The summed E-state index contributed by atoms with van der Waals surface area (Å²) in [4.78, 5) is 11.1. The van der Waals surface area contributed by atoms with Gasteiger partial charge in [-0.05, 0) is 6.07 Å². The first kappa shape index (κ1) is 10.1. The number of halogens is 3. The van der Waals surface area contributed by atoms with Gasteiger partial charge in [0.05, 0.1) is 10.9 Å². The van der Waals surface area contributed by atoms with Gasteiger partial charge in [-0.1, -0.05) is 15.9 Å². The molecule has 0 aromatic heterocycles. The van der Waals surface area contributed by atoms with E-state index in [1.807, 2.05) is 0 Å². The highest BCUT2D eigenvalue weighted by molar-refractivity contribution is 9.09. The van der Waals surface area contributed by atoms with Crippen molar-refractivity contribution < 1.29 is 13.6 Å². The van der Waals surface area contributed by atoms with Crippen molar-refractivity contribution >= 4 is 27.4 Å². The van der Waals surface area contributed by atoms with E-state index >= 15 is 0 Å². The van der Waals surface area contributed by atoms with Crippen LogP contribution in [0.2, 0.25) is 0 Å². The van der Waals surface area contributed by atoms with E-state index in [9.17, 15) is 13.6 Å². The maximum Gasteiger partial charge on any atom is 0.178 e. The van der Waals surface area contributed by atoms with Crippen LogP contribution in [0.5, 0.6) is 0 Å². The van der Waals surface area contributed by atoms with Crippen LogP contribution in [0, 0.1) is 11.6 Å². The van der Waals surface area contributed by atoms with E-state index in [1.165, 1.54) is 0 Å². The van der Waals surface area contributed by atoms with Crippen LogP contribution in [0.4, 0.5) is 14.5 Å². The van der Waals surface area contributed by atoms with Gasteiger partial charge in [0.2, 0.25) is 0 Å². The standard InChI is InChI=1S/C8H6BrF2NO/c9-3-7(13)8-5(11)1-4(10)2-6(8)12/h1-2H,3,12H2. The maximum absolute atomic E-state index is 13.0. The molecule has 0 atom stereocenters. The number of benzene rings is 1. The average Bonchev–Trinajstić information content (AvgIpc) is 2.02. The summed E-state index contributed by atoms with van der Waals surface area (Å²) in [7, 11) is 0. The SMILES string of the molecule is Nc1cc(F)cc(F)c1C(=O)CBr. The third-order valence-electron chi connectivity index (χ3n) is 1.49. The molecule has 0 fully saturated rings. The van der Waals surface area contributed by atoms with Crippen molar-refractivity contribution in [1.82, 2.24) is 0 Å². The molecule has 0 radical (unpaired) electrons. The summed E-state index contributed by atoms with van der Waals surface area (Å²) in [5.41, 5.74) is 4.83. The smallest absolute Gasteiger partial charge is 0.178 e. The van der Waals surface area contributed by atoms with Gasteiger partial charge in [-0.25, -0.2) is 8.78 Å². The van der Waals surface area contributed by atoms with Crippen LogP contribution in [-0.2, 0) is 0 Å². The third-order valence-corrected chi connectivity index (χ3v) is 1.99. The third kappa shape index (κ3) is 2.03. The second-order valence-corrected chi connectivity index (χ2v) is 2.97. The highest BCUT2D eigenvalue weighted by Crippen LogP contribution is 2.19. The average molecular weight is 250 g/mol. The van der Waals surface area contributed by atoms with Gasteiger partial charge < -0.3 is 5.73 Å². The molecule has 0 aliphatic rings. The molecule has 1 rings (SSSR count). The molecule has 0 bridgehead atoms. The summed E-state index contributed by atoms with van der Waals surface area (Å²) in [6.45, 7) is 0. The van der Waals surface area contributed by atoms with Crippen LogP contribution >= 0.6 is 15.9 Å². The number of carbonyl (C=O) groups excluding carboxylic acids is 1. The lowest BCUT2D eigenvalue weighted by Crippen LogP contribution is -2.08. The molecule has 0 saturated heterocycles. The van der Waals surface area contributed by atoms with Crippen LogP contribution in [0.1, 0.15) is 10.4 Å². The highest BCUT2D eigenvalue weighted by atomic mass is 79.9. The molecule has 1 aromatic carbocycles. The molecule has 0 unspecified atom stereocenters. The lowest BCUT2D eigenvalue weighted by Gasteiger charge is -2.03. The molecule has 13 heavy (non-hydrogen) atoms. The summed E-state index contributed by atoms with van der Waals surface area (Å²) >= 11 is 2.87. The van der Waals surface area contributed by atoms with E-state index in [2.05, 4.69) is 15.9 Å². The molecular formula is C8H6BrF2NO. The van der Waals surface area contributed by atoms with Crippen molar-refractivity contribution in [2.45, 2.75) is 0 Å². The quantitative estimate of drug-likeness (QED) is 0.496. The van der Waals surface area contributed by atoms with Gasteiger partial charge in [0.15, 0.2) is 5.78 Å². The fourth-order valence-corrected chi connectivity index (χ4v) is 1.23. The Bertz CT molecular complexity index is 331. The fraction of sp³-hybridized carbons (Fsp3) is 0.125. The van der Waals surface area contributed by atoms with Gasteiger partial charge in [-0.3, -0.25) is 4.79 Å². The lowest BCUT2D eigenvalue weighted by atomic mass is 10.1. The first-order valence-electron chi connectivity index (χ1n) is 3.40. The summed E-state index contributed by atoms with van der Waals surface area (Å²) in [5.74, 6) is -2.22. The molecule has 0 heterocycles. The van der Waals surface area contributed by atoms with Crippen LogP contribution in [0.3, 0.4) is 0 Å². The minimum absolute atomic E-state index is 0.0419. The largest absolute Gasteiger partial charge is 0.398 e. The van der Waals surface area contributed by atoms with Gasteiger partial charge in [0.25, 0.3) is 0 Å². The molecular weight excluding hydrogens is 244 g/mol. The summed E-state index contributed by atoms with van der Waals surface area (Å²) in [6, 6.07) is 1.55. The Labute approximate surface area is 81.9 Å². The summed E-state index contributed by atoms with van der Waals surface area (Å²) < 4.78 is 25.5. The predicted molar refractivity (Wildman–Crippen MR) is 48.9 cm³/mol. The highest BCUT2D eigenvalue weighted by Gasteiger charge is 2.15. The van der Waals surface area contributed by atoms with E-state index in [0.29, 0.717) is 6.07 Å². The van der Waals surface area contributed by atoms with Crippen molar-refractivity contribution in [1.29, 1.82) is 0 Å². The number of nitrogens with two attached hydrogens (primary N) is 1. The molecule has 0 aliphatic carbocycles. The monoisotopic (exact) mass is 249 g/mol. The first-order chi connectivity index (χ1) is 6.06. The number of hydrogen-bond acceptors (Lipinski definition) is 2. The van der Waals surface area contributed by atoms with Crippen molar-refractivity contribution in [3.63, 3.8) is 0 Å². The Hall–Kier alpha value is -0.970. The number of hydrogen-bond donors (Lipinski definition) is 1. The minimum Gasteiger partial charge on any atom is -0.398 e. The van der Waals surface area contributed by atoms with Crippen molar-refractivity contribution in [2.75, 3.05) is 11.1 Å². The summed E-state index contributed by atoms with van der Waals surface area (Å²) in [6.07, 6.45) is 0. The van der Waals surface area contributed by atoms with E-state index in [4.69, 9.17) is 5.73 Å². The van der Waals surface area contributed by atoms with Gasteiger partial charge in [0, 0.05) is 11.8 Å². The van der Waals surface area contributed by atoms with Gasteiger partial charge in [-0.15, -0.1) is 0 Å². The number of alkyl halides is 1. The number of anilines is 1. The van der Waals surface area contributed by atoms with Gasteiger partial charge >= 0.3 is 0 Å². The first-order valence-corrected chi connectivity index (χ1v) is 4.52. The number of rotatable bonds is 2. The van der Waals surface area contributed by atoms with Crippen molar-refractivity contribution in [3.8, 4) is 0 Å². The van der Waals surface area contributed by atoms with Crippen LogP contribution < -0.4 is 5.73 Å². The van der Waals surface area contributed by atoms with E-state index in [-0.39, 0.29) is 16.6 Å². The Balaban J connectivity index is 3.28. The summed E-state index contributed by atoms with van der Waals surface area (Å²) in [5, 5.41) is -0.0419. The minimum atomic E-state index is -0.929. The topological polar surface area (TPSA) is 43.1 Å². The molecule has 0 aliphatic heterocycles. The molecule has 0 amide bonds. The second kappa shape index (κ2) is 3.83. The zero-order valence-electron chi connectivity index (χ0n) is 6.48. The van der Waals surface area contributed by atoms with Gasteiger partial charge in [0.1, 0.15) is 11.6 Å². The van der Waals surface area contributed by atoms with Gasteiger partial charge in [-0.2, -0.15) is 0 Å². The second-order valence-electron chi connectivity index (χ2n) is 2.41. The van der Waals surface area contributed by atoms with E-state index in [1.54, 1.807) is 0 Å². The molecule has 2 N–H and O–H groups in total. The van der Waals surface area contributed by atoms with Crippen molar-refractivity contribution in [3.05, 3.63) is 29.3 Å². The maximum atomic E-state index is 13.0. The normalized spacial score (nSPS) is 10.1. The Kier molecular flexibility index (Phi) is 2.98. The number of carbonyl (C=O) groups is 1. The van der Waals surface area contributed by atoms with E-state index in [0.717, 1.165) is 6.07 Å². The van der Waals surface area contributed by atoms with Crippen molar-refractivity contribution in [2.24, 2.45) is 0 Å². The zero-order valence-corrected chi connectivity index (χ0v) is 8.07. The molecule has 5 heteroatoms. The number of Topliss-reactive ketones (excluding diaryl/α,β-unsaturated/α-hetero) is 1. The van der Waals surface area contributed by atoms with Crippen LogP contribution in [0.25, 0.3) is 0 Å². The zero-order chi connectivity index (χ0) is 10.0. The molecule has 0 spiro atoms. The van der Waals surface area contributed by atoms with E-state index < -0.39 is 17.4 Å². The van der Waals surface area contributed by atoms with Crippen LogP contribution in [-0.4, -0.2) is 11.1 Å². The Morgan fingerprint density at radius 1 is 1.46 bits per heavy atom. The van der Waals surface area contributed by atoms with Crippen LogP contribution in [0.15, 0.2) is 12.1 Å². The lowest BCUT2D eigenvalue weighted by molar-refractivity contribution is 0.102. The Morgan fingerprint density at radius 2 is 2.08 bits per heavy atom. The predicted octanol–water partition coefficient (Wildman–Crippen LogP) is 2.12. The number of ketones is 1. The number of nitrogen functional groups attached to an aromatic ring is 1. The molecule has 2 nitrogen and oxygen atoms in total. The molecule has 0 saturated carbocycles. The Morgan fingerprint density at radius 3 is 2.54 bits per heavy atom.